The first-order valence-electron chi connectivity index (χ1n) is 7.78. The molecule has 2 N–H and O–H groups in total. The van der Waals surface area contributed by atoms with Crippen molar-refractivity contribution in [2.45, 2.75) is 70.4 Å². The highest BCUT2D eigenvalue weighted by molar-refractivity contribution is 4.80. The monoisotopic (exact) mass is 256 g/mol. The number of likely N-dealkylation sites (tertiary alicyclic amines) is 1. The van der Waals surface area contributed by atoms with Crippen LogP contribution >= 0.6 is 0 Å². The van der Waals surface area contributed by atoms with Crippen LogP contribution in [-0.4, -0.2) is 43.8 Å². The summed E-state index contributed by atoms with van der Waals surface area (Å²) in [6.45, 7) is 5.34. The number of hydrogen-bond acceptors (Lipinski definition) is 3. The van der Waals surface area contributed by atoms with E-state index in [0.29, 0.717) is 12.1 Å². The van der Waals surface area contributed by atoms with Crippen molar-refractivity contribution in [1.82, 2.24) is 4.90 Å². The molecule has 108 valence electrons. The van der Waals surface area contributed by atoms with Crippen LogP contribution in [0.4, 0.5) is 0 Å². The molecule has 0 aromatic heterocycles. The summed E-state index contributed by atoms with van der Waals surface area (Å²) in [6, 6.07) is 0.574. The molecule has 3 nitrogen and oxygen atoms in total. The standard InChI is InChI=1S/C15H32N2O/c1-3-4-5-6-7-9-14(12-16)17-11-8-10-15(13-17)18-2/h14-15H,3-13,16H2,1-2H3. The van der Waals surface area contributed by atoms with Crippen LogP contribution in [0.5, 0.6) is 0 Å². The third-order valence-electron chi connectivity index (χ3n) is 4.17. The van der Waals surface area contributed by atoms with Gasteiger partial charge in [-0.3, -0.25) is 4.90 Å². The number of piperidine rings is 1. The zero-order valence-electron chi connectivity index (χ0n) is 12.4. The molecule has 1 fully saturated rings. The lowest BCUT2D eigenvalue weighted by Gasteiger charge is -2.37. The summed E-state index contributed by atoms with van der Waals surface area (Å²) in [4.78, 5) is 2.55. The molecule has 0 amide bonds. The highest BCUT2D eigenvalue weighted by atomic mass is 16.5. The molecule has 0 spiro atoms. The average Bonchev–Trinajstić information content (AvgIpc) is 2.43. The fourth-order valence-corrected chi connectivity index (χ4v) is 2.92. The Morgan fingerprint density at radius 3 is 2.72 bits per heavy atom. The summed E-state index contributed by atoms with van der Waals surface area (Å²) in [6.07, 6.45) is 10.9. The summed E-state index contributed by atoms with van der Waals surface area (Å²) in [5, 5.41) is 0. The maximum atomic E-state index is 5.95. The Kier molecular flexibility index (Phi) is 8.64. The summed E-state index contributed by atoms with van der Waals surface area (Å²) < 4.78 is 5.49. The Balaban J connectivity index is 2.22. The normalized spacial score (nSPS) is 23.2. The van der Waals surface area contributed by atoms with Crippen molar-refractivity contribution in [3.8, 4) is 0 Å². The van der Waals surface area contributed by atoms with E-state index in [1.807, 2.05) is 7.11 Å². The van der Waals surface area contributed by atoms with Crippen LogP contribution in [0.1, 0.15) is 58.3 Å². The molecule has 0 aromatic carbocycles. The summed E-state index contributed by atoms with van der Waals surface area (Å²) in [5.74, 6) is 0. The summed E-state index contributed by atoms with van der Waals surface area (Å²) in [7, 11) is 1.83. The van der Waals surface area contributed by atoms with Crippen LogP contribution < -0.4 is 5.73 Å². The molecule has 18 heavy (non-hydrogen) atoms. The average molecular weight is 256 g/mol. The van der Waals surface area contributed by atoms with Crippen molar-refractivity contribution < 1.29 is 4.74 Å². The van der Waals surface area contributed by atoms with Gasteiger partial charge in [-0.25, -0.2) is 0 Å². The second kappa shape index (κ2) is 9.76. The van der Waals surface area contributed by atoms with Gasteiger partial charge >= 0.3 is 0 Å². The van der Waals surface area contributed by atoms with E-state index in [-0.39, 0.29) is 0 Å². The van der Waals surface area contributed by atoms with Crippen molar-refractivity contribution in [2.24, 2.45) is 5.73 Å². The van der Waals surface area contributed by atoms with Gasteiger partial charge in [0, 0.05) is 26.2 Å². The Bertz CT molecular complexity index is 199. The van der Waals surface area contributed by atoms with Crippen molar-refractivity contribution in [2.75, 3.05) is 26.7 Å². The SMILES string of the molecule is CCCCCCCC(CN)N1CCCC(OC)C1. The Labute approximate surface area is 113 Å². The molecule has 0 bridgehead atoms. The van der Waals surface area contributed by atoms with Crippen molar-refractivity contribution in [3.63, 3.8) is 0 Å². The van der Waals surface area contributed by atoms with Crippen LogP contribution in [0, 0.1) is 0 Å². The van der Waals surface area contributed by atoms with Crippen molar-refractivity contribution in [3.05, 3.63) is 0 Å². The summed E-state index contributed by atoms with van der Waals surface area (Å²) in [5.41, 5.74) is 5.95. The molecule has 2 unspecified atom stereocenters. The largest absolute Gasteiger partial charge is 0.380 e. The number of unbranched alkanes of at least 4 members (excludes halogenated alkanes) is 4. The molecule has 3 heteroatoms. The molecule has 0 saturated carbocycles. The maximum Gasteiger partial charge on any atom is 0.0698 e. The van der Waals surface area contributed by atoms with E-state index in [4.69, 9.17) is 10.5 Å². The summed E-state index contributed by atoms with van der Waals surface area (Å²) >= 11 is 0. The van der Waals surface area contributed by atoms with Gasteiger partial charge < -0.3 is 10.5 Å². The maximum absolute atomic E-state index is 5.95. The van der Waals surface area contributed by atoms with Gasteiger partial charge in [-0.1, -0.05) is 39.0 Å². The van der Waals surface area contributed by atoms with Crippen LogP contribution in [0.2, 0.25) is 0 Å². The van der Waals surface area contributed by atoms with E-state index >= 15 is 0 Å². The van der Waals surface area contributed by atoms with E-state index in [1.54, 1.807) is 0 Å². The van der Waals surface area contributed by atoms with Crippen molar-refractivity contribution in [1.29, 1.82) is 0 Å². The van der Waals surface area contributed by atoms with Gasteiger partial charge in [-0.15, -0.1) is 0 Å². The first-order chi connectivity index (χ1) is 8.81. The molecule has 1 saturated heterocycles. The Morgan fingerprint density at radius 2 is 2.06 bits per heavy atom. The van der Waals surface area contributed by atoms with E-state index in [9.17, 15) is 0 Å². The van der Waals surface area contributed by atoms with Crippen LogP contribution in [0.3, 0.4) is 0 Å². The smallest absolute Gasteiger partial charge is 0.0698 e. The number of ether oxygens (including phenoxy) is 1. The Hall–Kier alpha value is -0.120. The third kappa shape index (κ3) is 5.68. The molecule has 1 heterocycles. The highest BCUT2D eigenvalue weighted by Crippen LogP contribution is 2.18. The Morgan fingerprint density at radius 1 is 1.28 bits per heavy atom. The minimum absolute atomic E-state index is 0.424. The van der Waals surface area contributed by atoms with E-state index < -0.39 is 0 Å². The number of methoxy groups -OCH3 is 1. The fourth-order valence-electron chi connectivity index (χ4n) is 2.92. The van der Waals surface area contributed by atoms with Gasteiger partial charge in [0.05, 0.1) is 6.10 Å². The molecule has 2 atom stereocenters. The topological polar surface area (TPSA) is 38.5 Å². The lowest BCUT2D eigenvalue weighted by Crippen LogP contribution is -2.48. The van der Waals surface area contributed by atoms with Gasteiger partial charge in [0.2, 0.25) is 0 Å². The van der Waals surface area contributed by atoms with E-state index in [2.05, 4.69) is 11.8 Å². The molecular weight excluding hydrogens is 224 g/mol. The zero-order valence-corrected chi connectivity index (χ0v) is 12.4. The minimum Gasteiger partial charge on any atom is -0.380 e. The number of nitrogens with zero attached hydrogens (tertiary/aromatic N) is 1. The van der Waals surface area contributed by atoms with Crippen LogP contribution in [0.15, 0.2) is 0 Å². The van der Waals surface area contributed by atoms with E-state index in [1.165, 1.54) is 57.9 Å². The predicted molar refractivity (Wildman–Crippen MR) is 77.8 cm³/mol. The highest BCUT2D eigenvalue weighted by Gasteiger charge is 2.24. The van der Waals surface area contributed by atoms with Gasteiger partial charge in [0.15, 0.2) is 0 Å². The fraction of sp³-hybridized carbons (Fsp3) is 1.00. The lowest BCUT2D eigenvalue weighted by atomic mass is 10.0. The van der Waals surface area contributed by atoms with Gasteiger partial charge in [-0.05, 0) is 25.8 Å². The molecular formula is C15H32N2O. The molecule has 0 radical (unpaired) electrons. The van der Waals surface area contributed by atoms with E-state index in [0.717, 1.165) is 13.1 Å². The lowest BCUT2D eigenvalue weighted by molar-refractivity contribution is 0.0141. The molecule has 0 aromatic rings. The second-order valence-corrected chi connectivity index (χ2v) is 5.59. The number of hydrogen-bond donors (Lipinski definition) is 1. The van der Waals surface area contributed by atoms with Crippen LogP contribution in [-0.2, 0) is 4.74 Å². The number of rotatable bonds is 9. The first kappa shape index (κ1) is 15.9. The van der Waals surface area contributed by atoms with Gasteiger partial charge in [0.1, 0.15) is 0 Å². The third-order valence-corrected chi connectivity index (χ3v) is 4.17. The second-order valence-electron chi connectivity index (χ2n) is 5.59. The minimum atomic E-state index is 0.424. The zero-order chi connectivity index (χ0) is 13.2. The molecule has 1 aliphatic rings. The van der Waals surface area contributed by atoms with Gasteiger partial charge in [0.25, 0.3) is 0 Å². The first-order valence-corrected chi connectivity index (χ1v) is 7.78. The quantitative estimate of drug-likeness (QED) is 0.645. The van der Waals surface area contributed by atoms with Crippen LogP contribution in [0.25, 0.3) is 0 Å². The predicted octanol–water partition coefficient (Wildman–Crippen LogP) is 2.79. The molecule has 0 aliphatic carbocycles. The van der Waals surface area contributed by atoms with Gasteiger partial charge in [-0.2, -0.15) is 0 Å². The van der Waals surface area contributed by atoms with Crippen molar-refractivity contribution >= 4 is 0 Å². The molecule has 1 aliphatic heterocycles. The number of nitrogens with two attached hydrogens (primary N) is 1. The molecule has 1 rings (SSSR count).